The lowest BCUT2D eigenvalue weighted by Crippen LogP contribution is -2.37. The molecule has 4 nitrogen and oxygen atoms in total. The molecular formula is C23H29ClN2O2. The Morgan fingerprint density at radius 1 is 1.18 bits per heavy atom. The van der Waals surface area contributed by atoms with Gasteiger partial charge in [0.05, 0.1) is 0 Å². The van der Waals surface area contributed by atoms with Crippen molar-refractivity contribution < 1.29 is 9.53 Å². The molecule has 3 rings (SSSR count). The molecule has 1 aliphatic rings. The average molecular weight is 401 g/mol. The van der Waals surface area contributed by atoms with E-state index in [0.29, 0.717) is 23.7 Å². The molecule has 0 saturated carbocycles. The van der Waals surface area contributed by atoms with Crippen molar-refractivity contribution in [2.45, 2.75) is 52.3 Å². The van der Waals surface area contributed by atoms with Gasteiger partial charge in [0, 0.05) is 18.1 Å². The minimum atomic E-state index is -0.520. The molecule has 0 aliphatic carbocycles. The lowest BCUT2D eigenvalue weighted by Gasteiger charge is -2.18. The summed E-state index contributed by atoms with van der Waals surface area (Å²) in [6, 6.07) is 13.9. The summed E-state index contributed by atoms with van der Waals surface area (Å²) in [7, 11) is 0. The van der Waals surface area contributed by atoms with Crippen LogP contribution >= 0.6 is 11.6 Å². The summed E-state index contributed by atoms with van der Waals surface area (Å²) in [5.41, 5.74) is 3.35. The molecule has 1 fully saturated rings. The summed E-state index contributed by atoms with van der Waals surface area (Å²) in [5, 5.41) is 3.71. The molecule has 1 amide bonds. The standard InChI is InChI=1S/C23H29ClN2O2/c1-3-22(28-20-9-10-21(24)17(2)13-20)23(27)25-15-18-7-6-8-19(14-18)16-26-11-4-5-12-26/h6-10,13-14,22H,3-5,11-12,15-16H2,1-2H3,(H,25,27)/t22-/m0/s1. The zero-order valence-corrected chi connectivity index (χ0v) is 17.5. The first kappa shape index (κ1) is 20.7. The molecule has 0 aromatic heterocycles. The van der Waals surface area contributed by atoms with E-state index in [9.17, 15) is 4.79 Å². The highest BCUT2D eigenvalue weighted by Gasteiger charge is 2.18. The van der Waals surface area contributed by atoms with E-state index < -0.39 is 6.10 Å². The Bertz CT molecular complexity index is 803. The van der Waals surface area contributed by atoms with Crippen LogP contribution in [0, 0.1) is 6.92 Å². The Balaban J connectivity index is 1.55. The van der Waals surface area contributed by atoms with Crippen LogP contribution in [-0.4, -0.2) is 30.0 Å². The second-order valence-corrected chi connectivity index (χ2v) is 7.85. The van der Waals surface area contributed by atoms with Gasteiger partial charge in [-0.2, -0.15) is 0 Å². The van der Waals surface area contributed by atoms with Gasteiger partial charge in [0.15, 0.2) is 6.10 Å². The van der Waals surface area contributed by atoms with Crippen molar-refractivity contribution in [3.05, 3.63) is 64.2 Å². The van der Waals surface area contributed by atoms with Gasteiger partial charge in [0.1, 0.15) is 5.75 Å². The zero-order chi connectivity index (χ0) is 19.9. The number of carbonyl (C=O) groups excluding carboxylic acids is 1. The summed E-state index contributed by atoms with van der Waals surface area (Å²) < 4.78 is 5.88. The van der Waals surface area contributed by atoms with Gasteiger partial charge in [0.25, 0.3) is 5.91 Å². The van der Waals surface area contributed by atoms with Crippen LogP contribution in [0.4, 0.5) is 0 Å². The molecular weight excluding hydrogens is 372 g/mol. The van der Waals surface area contributed by atoms with Crippen molar-refractivity contribution in [1.82, 2.24) is 10.2 Å². The molecule has 1 atom stereocenters. The Morgan fingerprint density at radius 3 is 2.64 bits per heavy atom. The maximum Gasteiger partial charge on any atom is 0.261 e. The van der Waals surface area contributed by atoms with E-state index in [-0.39, 0.29) is 5.91 Å². The number of aryl methyl sites for hydroxylation is 1. The zero-order valence-electron chi connectivity index (χ0n) is 16.7. The van der Waals surface area contributed by atoms with Gasteiger partial charge in [-0.15, -0.1) is 0 Å². The molecule has 0 bridgehead atoms. The third-order valence-electron chi connectivity index (χ3n) is 5.13. The Morgan fingerprint density at radius 2 is 1.93 bits per heavy atom. The van der Waals surface area contributed by atoms with Crippen molar-refractivity contribution in [2.75, 3.05) is 13.1 Å². The van der Waals surface area contributed by atoms with E-state index in [1.807, 2.05) is 19.9 Å². The highest BCUT2D eigenvalue weighted by Crippen LogP contribution is 2.22. The Labute approximate surface area is 172 Å². The minimum Gasteiger partial charge on any atom is -0.481 e. The number of hydrogen-bond donors (Lipinski definition) is 1. The van der Waals surface area contributed by atoms with Gasteiger partial charge < -0.3 is 10.1 Å². The number of ether oxygens (including phenoxy) is 1. The monoisotopic (exact) mass is 400 g/mol. The molecule has 5 heteroatoms. The molecule has 1 saturated heterocycles. The number of halogens is 1. The van der Waals surface area contributed by atoms with Gasteiger partial charge in [-0.1, -0.05) is 42.8 Å². The van der Waals surface area contributed by atoms with Gasteiger partial charge in [0.2, 0.25) is 0 Å². The highest BCUT2D eigenvalue weighted by molar-refractivity contribution is 6.31. The minimum absolute atomic E-state index is 0.0972. The number of carbonyl (C=O) groups is 1. The normalized spacial score (nSPS) is 15.4. The molecule has 150 valence electrons. The SMILES string of the molecule is CC[C@H](Oc1ccc(Cl)c(C)c1)C(=O)NCc1cccc(CN2CCCC2)c1. The molecule has 1 heterocycles. The van der Waals surface area contributed by atoms with E-state index in [1.54, 1.807) is 12.1 Å². The Hall–Kier alpha value is -2.04. The van der Waals surface area contributed by atoms with Crippen LogP contribution in [0.3, 0.4) is 0 Å². The maximum absolute atomic E-state index is 12.6. The predicted octanol–water partition coefficient (Wildman–Crippen LogP) is 4.72. The number of nitrogens with one attached hydrogen (secondary N) is 1. The number of hydrogen-bond acceptors (Lipinski definition) is 3. The molecule has 1 aliphatic heterocycles. The van der Waals surface area contributed by atoms with Gasteiger partial charge in [-0.25, -0.2) is 0 Å². The van der Waals surface area contributed by atoms with E-state index in [0.717, 1.165) is 17.7 Å². The molecule has 0 radical (unpaired) electrons. The number of benzene rings is 2. The molecule has 2 aromatic carbocycles. The summed E-state index contributed by atoms with van der Waals surface area (Å²) in [6.07, 6.45) is 2.67. The van der Waals surface area contributed by atoms with Crippen LogP contribution in [0.2, 0.25) is 5.02 Å². The van der Waals surface area contributed by atoms with E-state index in [1.165, 1.54) is 31.5 Å². The first-order chi connectivity index (χ1) is 13.5. The smallest absolute Gasteiger partial charge is 0.261 e. The number of rotatable bonds is 8. The lowest BCUT2D eigenvalue weighted by atomic mass is 10.1. The summed E-state index contributed by atoms with van der Waals surface area (Å²) in [6.45, 7) is 7.72. The van der Waals surface area contributed by atoms with Gasteiger partial charge in [-0.3, -0.25) is 9.69 Å². The number of nitrogens with zero attached hydrogens (tertiary/aromatic N) is 1. The number of likely N-dealkylation sites (tertiary alicyclic amines) is 1. The summed E-state index contributed by atoms with van der Waals surface area (Å²) in [5.74, 6) is 0.566. The Kier molecular flexibility index (Phi) is 7.35. The quantitative estimate of drug-likeness (QED) is 0.697. The van der Waals surface area contributed by atoms with Gasteiger partial charge in [-0.05, 0) is 74.2 Å². The van der Waals surface area contributed by atoms with Crippen LogP contribution in [0.5, 0.6) is 5.75 Å². The average Bonchev–Trinajstić information content (AvgIpc) is 3.20. The van der Waals surface area contributed by atoms with Crippen molar-refractivity contribution in [3.8, 4) is 5.75 Å². The highest BCUT2D eigenvalue weighted by atomic mass is 35.5. The van der Waals surface area contributed by atoms with Crippen molar-refractivity contribution in [2.24, 2.45) is 0 Å². The second-order valence-electron chi connectivity index (χ2n) is 7.45. The molecule has 0 unspecified atom stereocenters. The van der Waals surface area contributed by atoms with Crippen LogP contribution in [0.1, 0.15) is 42.9 Å². The van der Waals surface area contributed by atoms with Crippen LogP contribution < -0.4 is 10.1 Å². The van der Waals surface area contributed by atoms with Crippen molar-refractivity contribution >= 4 is 17.5 Å². The van der Waals surface area contributed by atoms with Crippen molar-refractivity contribution in [3.63, 3.8) is 0 Å². The maximum atomic E-state index is 12.6. The fourth-order valence-electron chi connectivity index (χ4n) is 3.52. The second kappa shape index (κ2) is 9.94. The third-order valence-corrected chi connectivity index (χ3v) is 5.56. The molecule has 0 spiro atoms. The van der Waals surface area contributed by atoms with Gasteiger partial charge >= 0.3 is 0 Å². The van der Waals surface area contributed by atoms with E-state index in [4.69, 9.17) is 16.3 Å². The van der Waals surface area contributed by atoms with Crippen LogP contribution in [0.15, 0.2) is 42.5 Å². The largest absolute Gasteiger partial charge is 0.481 e. The van der Waals surface area contributed by atoms with E-state index >= 15 is 0 Å². The lowest BCUT2D eigenvalue weighted by molar-refractivity contribution is -0.128. The fraction of sp³-hybridized carbons (Fsp3) is 0.435. The third kappa shape index (κ3) is 5.73. The topological polar surface area (TPSA) is 41.6 Å². The molecule has 1 N–H and O–H groups in total. The van der Waals surface area contributed by atoms with Crippen LogP contribution in [-0.2, 0) is 17.9 Å². The number of amides is 1. The first-order valence-electron chi connectivity index (χ1n) is 10.1. The molecule has 2 aromatic rings. The fourth-order valence-corrected chi connectivity index (χ4v) is 3.63. The summed E-state index contributed by atoms with van der Waals surface area (Å²) >= 11 is 6.06. The first-order valence-corrected chi connectivity index (χ1v) is 10.4. The summed E-state index contributed by atoms with van der Waals surface area (Å²) in [4.78, 5) is 15.1. The predicted molar refractivity (Wildman–Crippen MR) is 114 cm³/mol. The van der Waals surface area contributed by atoms with Crippen LogP contribution in [0.25, 0.3) is 0 Å². The van der Waals surface area contributed by atoms with E-state index in [2.05, 4.69) is 34.5 Å². The van der Waals surface area contributed by atoms with Crippen molar-refractivity contribution in [1.29, 1.82) is 0 Å². The molecule has 28 heavy (non-hydrogen) atoms.